The van der Waals surface area contributed by atoms with Gasteiger partial charge in [0.05, 0.1) is 0 Å². The molecule has 0 aromatic heterocycles. The Morgan fingerprint density at radius 2 is 1.65 bits per heavy atom. The van der Waals surface area contributed by atoms with E-state index in [-0.39, 0.29) is 0 Å². The van der Waals surface area contributed by atoms with Crippen LogP contribution in [0.1, 0.15) is 25.8 Å². The summed E-state index contributed by atoms with van der Waals surface area (Å²) in [5.41, 5.74) is 2.60. The van der Waals surface area contributed by atoms with Gasteiger partial charge in [0.15, 0.2) is 0 Å². The first-order valence-electron chi connectivity index (χ1n) is 6.12. The number of rotatable bonds is 2. The Bertz CT molecular complexity index is 446. The number of hydrogen-bond donors (Lipinski definition) is 0. The number of allylic oxidation sites excluding steroid dienone is 2. The van der Waals surface area contributed by atoms with Gasteiger partial charge in [0, 0.05) is 0 Å². The summed E-state index contributed by atoms with van der Waals surface area (Å²) in [5, 5.41) is 0. The molecule has 90 valence electrons. The van der Waals surface area contributed by atoms with E-state index in [1.807, 2.05) is 18.2 Å². The van der Waals surface area contributed by atoms with Crippen LogP contribution in [0.2, 0.25) is 14.8 Å². The molecule has 0 bridgehead atoms. The molecule has 1 aromatic carbocycles. The van der Waals surface area contributed by atoms with Crippen LogP contribution in [0, 0.1) is 11.8 Å². The zero-order chi connectivity index (χ0) is 12.9. The first-order chi connectivity index (χ1) is 7.91. The molecule has 0 aliphatic heterocycles. The van der Waals surface area contributed by atoms with Crippen molar-refractivity contribution in [3.05, 3.63) is 45.1 Å². The van der Waals surface area contributed by atoms with E-state index in [0.29, 0.717) is 0 Å². The van der Waals surface area contributed by atoms with E-state index >= 15 is 0 Å². The first-order valence-corrected chi connectivity index (χ1v) is 16.1. The molecule has 0 amide bonds. The number of benzene rings is 1. The van der Waals surface area contributed by atoms with Crippen molar-refractivity contribution in [2.45, 2.75) is 35.1 Å². The Kier molecular flexibility index (Phi) is 5.33. The molecule has 0 radical (unpaired) electrons. The molecule has 0 spiro atoms. The van der Waals surface area contributed by atoms with Gasteiger partial charge in [-0.1, -0.05) is 0 Å². The van der Waals surface area contributed by atoms with E-state index in [1.165, 1.54) is 5.57 Å². The van der Waals surface area contributed by atoms with E-state index < -0.39 is 18.4 Å². The van der Waals surface area contributed by atoms with Gasteiger partial charge in [-0.05, 0) is 0 Å². The molecular weight excluding hydrogens is 311 g/mol. The van der Waals surface area contributed by atoms with Crippen LogP contribution in [-0.2, 0) is 0 Å². The molecular formula is C16H22Sn. The molecule has 0 fully saturated rings. The Morgan fingerprint density at radius 1 is 1.06 bits per heavy atom. The van der Waals surface area contributed by atoms with Crippen LogP contribution < -0.4 is 0 Å². The Hall–Kier alpha value is -0.681. The van der Waals surface area contributed by atoms with Gasteiger partial charge in [-0.2, -0.15) is 0 Å². The average molecular weight is 333 g/mol. The van der Waals surface area contributed by atoms with Gasteiger partial charge in [0.1, 0.15) is 0 Å². The van der Waals surface area contributed by atoms with Crippen LogP contribution in [0.5, 0.6) is 0 Å². The van der Waals surface area contributed by atoms with E-state index in [1.54, 1.807) is 3.59 Å². The predicted molar refractivity (Wildman–Crippen MR) is 79.7 cm³/mol. The molecule has 0 nitrogen and oxygen atoms in total. The van der Waals surface area contributed by atoms with E-state index in [0.717, 1.165) is 12.0 Å². The predicted octanol–water partition coefficient (Wildman–Crippen LogP) is 4.64. The standard InChI is InChI=1S/C13H13.3CH3.Sn/c1-12(2)8-6-7-11-13-9-4-3-5-10-13;;;;/h3-5,9-10H,6H2,1-2H3;3*1H3;. The second kappa shape index (κ2) is 6.31. The van der Waals surface area contributed by atoms with Crippen molar-refractivity contribution in [2.24, 2.45) is 0 Å². The van der Waals surface area contributed by atoms with Crippen LogP contribution in [0.3, 0.4) is 0 Å². The Labute approximate surface area is 110 Å². The van der Waals surface area contributed by atoms with Crippen LogP contribution in [-0.4, -0.2) is 18.4 Å². The topological polar surface area (TPSA) is 0 Å². The zero-order valence-corrected chi connectivity index (χ0v) is 14.4. The molecule has 0 aliphatic rings. The summed E-state index contributed by atoms with van der Waals surface area (Å²) in [6.45, 7) is 4.45. The summed E-state index contributed by atoms with van der Waals surface area (Å²) in [5.74, 6) is 6.59. The molecule has 0 N–H and O–H groups in total. The Balaban J connectivity index is 2.81. The van der Waals surface area contributed by atoms with E-state index in [2.05, 4.69) is 52.6 Å². The van der Waals surface area contributed by atoms with Gasteiger partial charge >= 0.3 is 110 Å². The fourth-order valence-corrected chi connectivity index (χ4v) is 8.00. The zero-order valence-electron chi connectivity index (χ0n) is 11.6. The van der Waals surface area contributed by atoms with Crippen LogP contribution in [0.25, 0.3) is 0 Å². The molecule has 0 saturated heterocycles. The quantitative estimate of drug-likeness (QED) is 0.546. The van der Waals surface area contributed by atoms with Gasteiger partial charge in [0.2, 0.25) is 0 Å². The summed E-state index contributed by atoms with van der Waals surface area (Å²) in [4.78, 5) is 7.38. The SMILES string of the molecule is CC(C)=[C](CC#Cc1ccccc1)[Sn]([CH3])([CH3])[CH3]. The molecule has 0 atom stereocenters. The maximum absolute atomic E-state index is 3.33. The fourth-order valence-electron chi connectivity index (χ4n) is 1.95. The second-order valence-electron chi connectivity index (χ2n) is 5.57. The van der Waals surface area contributed by atoms with Crippen molar-refractivity contribution in [3.8, 4) is 11.8 Å². The summed E-state index contributed by atoms with van der Waals surface area (Å²) in [6.07, 6.45) is 0.955. The third-order valence-electron chi connectivity index (χ3n) is 2.78. The molecule has 1 aromatic rings. The van der Waals surface area contributed by atoms with E-state index in [4.69, 9.17) is 0 Å². The van der Waals surface area contributed by atoms with Crippen molar-refractivity contribution in [1.82, 2.24) is 0 Å². The third kappa shape index (κ3) is 5.00. The van der Waals surface area contributed by atoms with Gasteiger partial charge in [-0.15, -0.1) is 0 Å². The normalized spacial score (nSPS) is 10.4. The second-order valence-corrected chi connectivity index (χ2v) is 20.1. The van der Waals surface area contributed by atoms with Gasteiger partial charge in [0.25, 0.3) is 0 Å². The molecule has 0 aliphatic carbocycles. The summed E-state index contributed by atoms with van der Waals surface area (Å²) < 4.78 is 1.66. The summed E-state index contributed by atoms with van der Waals surface area (Å²) in [7, 11) is 0. The maximum atomic E-state index is 3.33. The molecule has 0 heterocycles. The van der Waals surface area contributed by atoms with Crippen LogP contribution in [0.15, 0.2) is 39.5 Å². The third-order valence-corrected chi connectivity index (χ3v) is 9.88. The molecule has 1 rings (SSSR count). The monoisotopic (exact) mass is 334 g/mol. The summed E-state index contributed by atoms with van der Waals surface area (Å²) >= 11 is -1.94. The molecule has 0 saturated carbocycles. The van der Waals surface area contributed by atoms with Crippen molar-refractivity contribution in [1.29, 1.82) is 0 Å². The molecule has 0 unspecified atom stereocenters. The van der Waals surface area contributed by atoms with Crippen molar-refractivity contribution >= 4 is 18.4 Å². The molecule has 1 heteroatoms. The van der Waals surface area contributed by atoms with Crippen LogP contribution in [0.4, 0.5) is 0 Å². The molecule has 17 heavy (non-hydrogen) atoms. The van der Waals surface area contributed by atoms with Crippen LogP contribution >= 0.6 is 0 Å². The van der Waals surface area contributed by atoms with E-state index in [9.17, 15) is 0 Å². The van der Waals surface area contributed by atoms with Gasteiger partial charge in [-0.25, -0.2) is 0 Å². The minimum atomic E-state index is -1.94. The van der Waals surface area contributed by atoms with Crippen molar-refractivity contribution in [3.63, 3.8) is 0 Å². The van der Waals surface area contributed by atoms with Gasteiger partial charge < -0.3 is 0 Å². The fraction of sp³-hybridized carbons (Fsp3) is 0.375. The van der Waals surface area contributed by atoms with Crippen molar-refractivity contribution in [2.75, 3.05) is 0 Å². The Morgan fingerprint density at radius 3 is 2.12 bits per heavy atom. The minimum absolute atomic E-state index is 0.955. The first kappa shape index (κ1) is 14.4. The summed E-state index contributed by atoms with van der Waals surface area (Å²) in [6, 6.07) is 10.2. The van der Waals surface area contributed by atoms with Gasteiger partial charge in [-0.3, -0.25) is 0 Å². The average Bonchev–Trinajstić information content (AvgIpc) is 2.23. The number of hydrogen-bond acceptors (Lipinski definition) is 0. The van der Waals surface area contributed by atoms with Crippen molar-refractivity contribution < 1.29 is 0 Å².